The topological polar surface area (TPSA) is 26.3 Å². The molecule has 2 atom stereocenters. The Bertz CT molecular complexity index is 386. The molecule has 0 aliphatic heterocycles. The van der Waals surface area contributed by atoms with Crippen molar-refractivity contribution in [3.8, 4) is 0 Å². The maximum Gasteiger partial charge on any atom is 0.137 e. The zero-order chi connectivity index (χ0) is 13.4. The van der Waals surface area contributed by atoms with Gasteiger partial charge in [-0.25, -0.2) is 0 Å². The molecule has 17 heavy (non-hydrogen) atoms. The lowest BCUT2D eigenvalue weighted by Crippen LogP contribution is -2.41. The molecule has 0 aliphatic carbocycles. The molecule has 0 aliphatic rings. The second-order valence-corrected chi connectivity index (χ2v) is 9.20. The molecule has 2 nitrogen and oxygen atoms in total. The van der Waals surface area contributed by atoms with Gasteiger partial charge < -0.3 is 4.55 Å². The molecule has 0 amide bonds. The second-order valence-electron chi connectivity index (χ2n) is 5.18. The number of aryl methyl sites for hydroxylation is 1. The molecule has 1 unspecified atom stereocenters. The summed E-state index contributed by atoms with van der Waals surface area (Å²) in [6.07, 6.45) is 0. The van der Waals surface area contributed by atoms with Crippen LogP contribution in [-0.2, 0) is 11.4 Å². The standard InChI is InChI=1S/C12H20ClNOS2/c1-8-7-10(13)16-11(8)9(2)14(6)17(15)12(3,4)5/h7,9H,1-6H3/t9-,17?/m0/s1. The molecule has 0 saturated carbocycles. The molecule has 0 saturated heterocycles. The van der Waals surface area contributed by atoms with Gasteiger partial charge >= 0.3 is 0 Å². The second kappa shape index (κ2) is 5.49. The van der Waals surface area contributed by atoms with Crippen molar-refractivity contribution in [2.24, 2.45) is 0 Å². The molecule has 5 heteroatoms. The van der Waals surface area contributed by atoms with Gasteiger partial charge in [-0.2, -0.15) is 0 Å². The molecule has 0 fully saturated rings. The lowest BCUT2D eigenvalue weighted by molar-refractivity contribution is 0.385. The van der Waals surface area contributed by atoms with Gasteiger partial charge in [-0.15, -0.1) is 15.6 Å². The van der Waals surface area contributed by atoms with Crippen molar-refractivity contribution in [3.05, 3.63) is 20.8 Å². The summed E-state index contributed by atoms with van der Waals surface area (Å²) in [7, 11) is 1.90. The van der Waals surface area contributed by atoms with Crippen LogP contribution in [0.15, 0.2) is 6.07 Å². The number of rotatable bonds is 3. The van der Waals surface area contributed by atoms with Crippen molar-refractivity contribution in [1.29, 1.82) is 0 Å². The van der Waals surface area contributed by atoms with E-state index in [1.54, 1.807) is 11.3 Å². The highest BCUT2D eigenvalue weighted by molar-refractivity contribution is 7.90. The average Bonchev–Trinajstić information content (AvgIpc) is 2.53. The van der Waals surface area contributed by atoms with Crippen LogP contribution in [-0.4, -0.2) is 20.7 Å². The highest BCUT2D eigenvalue weighted by Gasteiger charge is 2.34. The highest BCUT2D eigenvalue weighted by Crippen LogP contribution is 2.36. The van der Waals surface area contributed by atoms with E-state index in [2.05, 4.69) is 6.92 Å². The Morgan fingerprint density at radius 2 is 2.00 bits per heavy atom. The minimum absolute atomic E-state index is 0.118. The van der Waals surface area contributed by atoms with Gasteiger partial charge in [0.1, 0.15) is 4.75 Å². The molecule has 0 bridgehead atoms. The van der Waals surface area contributed by atoms with E-state index in [0.717, 1.165) is 4.34 Å². The molecular formula is C12H20ClNOS2. The van der Waals surface area contributed by atoms with Crippen LogP contribution in [0.1, 0.15) is 44.2 Å². The van der Waals surface area contributed by atoms with Gasteiger partial charge in [0.05, 0.1) is 10.4 Å². The number of halogens is 1. The first-order valence-electron chi connectivity index (χ1n) is 5.55. The Morgan fingerprint density at radius 3 is 2.35 bits per heavy atom. The van der Waals surface area contributed by atoms with Gasteiger partial charge in [-0.3, -0.25) is 0 Å². The summed E-state index contributed by atoms with van der Waals surface area (Å²) in [5.41, 5.74) is 1.17. The fraction of sp³-hybridized carbons (Fsp3) is 0.667. The van der Waals surface area contributed by atoms with E-state index in [1.165, 1.54) is 10.4 Å². The number of nitrogens with zero attached hydrogens (tertiary/aromatic N) is 1. The van der Waals surface area contributed by atoms with Gasteiger partial charge in [0.15, 0.2) is 0 Å². The third kappa shape index (κ3) is 3.61. The van der Waals surface area contributed by atoms with E-state index < -0.39 is 11.4 Å². The molecule has 1 heterocycles. The van der Waals surface area contributed by atoms with Crippen molar-refractivity contribution in [2.75, 3.05) is 7.05 Å². The zero-order valence-corrected chi connectivity index (χ0v) is 13.6. The quantitative estimate of drug-likeness (QED) is 0.782. The summed E-state index contributed by atoms with van der Waals surface area (Å²) in [5.74, 6) is 0. The largest absolute Gasteiger partial charge is 0.597 e. The lowest BCUT2D eigenvalue weighted by atomic mass is 10.2. The lowest BCUT2D eigenvalue weighted by Gasteiger charge is -2.33. The van der Waals surface area contributed by atoms with Crippen molar-refractivity contribution < 1.29 is 4.55 Å². The minimum Gasteiger partial charge on any atom is -0.597 e. The van der Waals surface area contributed by atoms with Gasteiger partial charge in [0, 0.05) is 23.3 Å². The Balaban J connectivity index is 2.90. The molecule has 0 spiro atoms. The Kier molecular flexibility index (Phi) is 4.95. The van der Waals surface area contributed by atoms with Gasteiger partial charge in [-0.1, -0.05) is 11.6 Å². The fourth-order valence-electron chi connectivity index (χ4n) is 1.61. The molecule has 1 aromatic rings. The molecule has 1 rings (SSSR count). The van der Waals surface area contributed by atoms with Crippen molar-refractivity contribution >= 4 is 34.3 Å². The third-order valence-corrected chi connectivity index (χ3v) is 6.06. The Hall–Kier alpha value is 0.260. The van der Waals surface area contributed by atoms with Crippen molar-refractivity contribution in [3.63, 3.8) is 0 Å². The molecule has 0 radical (unpaired) electrons. The van der Waals surface area contributed by atoms with E-state index in [-0.39, 0.29) is 10.8 Å². The van der Waals surface area contributed by atoms with E-state index in [4.69, 9.17) is 11.6 Å². The first-order valence-corrected chi connectivity index (χ1v) is 7.85. The monoisotopic (exact) mass is 293 g/mol. The SMILES string of the molecule is Cc1cc(Cl)sc1[C@H](C)N(C)[S+]([O-])C(C)(C)C. The highest BCUT2D eigenvalue weighted by atomic mass is 35.5. The van der Waals surface area contributed by atoms with Crippen LogP contribution in [0.3, 0.4) is 0 Å². The minimum atomic E-state index is -1.01. The first kappa shape index (κ1) is 15.3. The number of hydrogen-bond donors (Lipinski definition) is 0. The predicted octanol–water partition coefficient (Wildman–Crippen LogP) is 4.16. The summed E-state index contributed by atoms with van der Waals surface area (Å²) >= 11 is 6.56. The summed E-state index contributed by atoms with van der Waals surface area (Å²) < 4.78 is 14.8. The molecular weight excluding hydrogens is 274 g/mol. The van der Waals surface area contributed by atoms with Crippen LogP contribution < -0.4 is 0 Å². The summed E-state index contributed by atoms with van der Waals surface area (Å²) in [4.78, 5) is 1.19. The predicted molar refractivity (Wildman–Crippen MR) is 78.1 cm³/mol. The zero-order valence-electron chi connectivity index (χ0n) is 11.2. The normalized spacial score (nSPS) is 16.3. The van der Waals surface area contributed by atoms with Crippen LogP contribution >= 0.6 is 22.9 Å². The third-order valence-electron chi connectivity index (χ3n) is 2.64. The molecule has 0 N–H and O–H groups in total. The van der Waals surface area contributed by atoms with Crippen LogP contribution in [0.5, 0.6) is 0 Å². The van der Waals surface area contributed by atoms with E-state index >= 15 is 0 Å². The van der Waals surface area contributed by atoms with Crippen molar-refractivity contribution in [2.45, 2.75) is 45.4 Å². The maximum atomic E-state index is 12.3. The fourth-order valence-corrected chi connectivity index (χ4v) is 4.34. The summed E-state index contributed by atoms with van der Waals surface area (Å²) in [6.45, 7) is 10.1. The first-order chi connectivity index (χ1) is 7.64. The van der Waals surface area contributed by atoms with E-state index in [9.17, 15) is 4.55 Å². The smallest absolute Gasteiger partial charge is 0.137 e. The van der Waals surface area contributed by atoms with Gasteiger partial charge in [-0.05, 0) is 46.2 Å². The van der Waals surface area contributed by atoms with Crippen LogP contribution in [0, 0.1) is 6.92 Å². The summed E-state index contributed by atoms with van der Waals surface area (Å²) in [6, 6.07) is 2.08. The number of hydrogen-bond acceptors (Lipinski definition) is 3. The number of thiophene rings is 1. The van der Waals surface area contributed by atoms with Crippen LogP contribution in [0.25, 0.3) is 0 Å². The van der Waals surface area contributed by atoms with Crippen LogP contribution in [0.4, 0.5) is 0 Å². The van der Waals surface area contributed by atoms with Crippen molar-refractivity contribution in [1.82, 2.24) is 4.31 Å². The van der Waals surface area contributed by atoms with E-state index in [0.29, 0.717) is 0 Å². The maximum absolute atomic E-state index is 12.3. The van der Waals surface area contributed by atoms with Gasteiger partial charge in [0.25, 0.3) is 0 Å². The van der Waals surface area contributed by atoms with E-state index in [1.807, 2.05) is 45.1 Å². The van der Waals surface area contributed by atoms with Gasteiger partial charge in [0.2, 0.25) is 0 Å². The molecule has 1 aromatic heterocycles. The average molecular weight is 294 g/mol. The summed E-state index contributed by atoms with van der Waals surface area (Å²) in [5, 5.41) is 0. The molecule has 0 aromatic carbocycles. The Morgan fingerprint density at radius 1 is 1.47 bits per heavy atom. The Labute approximate surface area is 116 Å². The van der Waals surface area contributed by atoms with Crippen LogP contribution in [0.2, 0.25) is 4.34 Å². The molecule has 98 valence electrons.